The lowest BCUT2D eigenvalue weighted by Gasteiger charge is -2.36. The number of benzene rings is 2. The van der Waals surface area contributed by atoms with Crippen LogP contribution in [0.1, 0.15) is 61.8 Å². The number of amides is 1. The second kappa shape index (κ2) is 10.7. The number of aryl methyl sites for hydroxylation is 1. The molecule has 1 aromatic heterocycles. The Kier molecular flexibility index (Phi) is 8.11. The Hall–Kier alpha value is -3.36. The van der Waals surface area contributed by atoms with Gasteiger partial charge in [-0.15, -0.1) is 0 Å². The molecule has 0 unspecified atom stereocenters. The molecule has 0 aliphatic carbocycles. The van der Waals surface area contributed by atoms with Gasteiger partial charge in [-0.2, -0.15) is 9.78 Å². The van der Waals surface area contributed by atoms with E-state index in [2.05, 4.69) is 10.4 Å². The molecule has 1 heterocycles. The van der Waals surface area contributed by atoms with Crippen molar-refractivity contribution in [1.82, 2.24) is 15.1 Å². The molecule has 1 amide bonds. The highest BCUT2D eigenvalue weighted by molar-refractivity contribution is 6.32. The van der Waals surface area contributed by atoms with E-state index < -0.39 is 28.9 Å². The Balaban J connectivity index is 1.97. The van der Waals surface area contributed by atoms with Crippen LogP contribution in [0.15, 0.2) is 54.6 Å². The summed E-state index contributed by atoms with van der Waals surface area (Å²) < 4.78 is 7.36. The van der Waals surface area contributed by atoms with Gasteiger partial charge in [0.1, 0.15) is 12.2 Å². The molecule has 0 aliphatic rings. The molecule has 2 atom stereocenters. The Labute approximate surface area is 215 Å². The third kappa shape index (κ3) is 6.25. The number of rotatable bonds is 9. The Bertz CT molecular complexity index is 1250. The molecular weight excluding hydrogens is 482 g/mol. The van der Waals surface area contributed by atoms with Gasteiger partial charge in [-0.1, -0.05) is 68.8 Å². The molecule has 3 N–H and O–H groups in total. The van der Waals surface area contributed by atoms with E-state index in [9.17, 15) is 19.8 Å². The van der Waals surface area contributed by atoms with Crippen molar-refractivity contribution in [2.45, 2.75) is 52.7 Å². The molecule has 0 saturated carbocycles. The number of carboxylic acids is 1. The van der Waals surface area contributed by atoms with Crippen molar-refractivity contribution in [3.8, 4) is 11.6 Å². The maximum absolute atomic E-state index is 13.2. The van der Waals surface area contributed by atoms with Crippen LogP contribution in [-0.2, 0) is 4.79 Å². The van der Waals surface area contributed by atoms with Crippen LogP contribution >= 0.6 is 11.6 Å². The molecule has 192 valence electrons. The number of para-hydroxylation sites is 1. The molecule has 0 fully saturated rings. The van der Waals surface area contributed by atoms with E-state index in [1.54, 1.807) is 43.3 Å². The normalized spacial score (nSPS) is 14.1. The molecule has 3 aromatic rings. The molecule has 8 nitrogen and oxygen atoms in total. The van der Waals surface area contributed by atoms with Gasteiger partial charge in [0.15, 0.2) is 5.69 Å². The molecular formula is C27H32ClN3O5. The van der Waals surface area contributed by atoms with E-state index in [1.165, 1.54) is 10.7 Å². The van der Waals surface area contributed by atoms with Gasteiger partial charge in [-0.25, -0.2) is 0 Å². The van der Waals surface area contributed by atoms with Crippen LogP contribution in [0, 0.1) is 12.3 Å². The van der Waals surface area contributed by atoms with Crippen LogP contribution in [0.5, 0.6) is 5.88 Å². The van der Waals surface area contributed by atoms with Gasteiger partial charge in [-0.3, -0.25) is 9.59 Å². The van der Waals surface area contributed by atoms with Crippen molar-refractivity contribution < 1.29 is 24.5 Å². The standard InChI is InChI=1S/C27H32ClN3O5/c1-17-10-6-7-11-18(17)20(15-24(32)33)29-25(34)21-14-23(36-16-27(5,35)26(2,3)4)31(30-21)22-13-9-8-12-19(22)28/h6-14,20,35H,15-16H2,1-5H3,(H,29,34)(H,32,33)/t20-,27+/m0/s1. The SMILES string of the molecule is Cc1ccccc1[C@H](CC(=O)O)NC(=O)c1cc(OC[C@@](C)(O)C(C)(C)C)n(-c2ccccc2Cl)n1. The van der Waals surface area contributed by atoms with E-state index in [-0.39, 0.29) is 24.6 Å². The lowest BCUT2D eigenvalue weighted by molar-refractivity contribution is -0.137. The molecule has 0 aliphatic heterocycles. The maximum atomic E-state index is 13.2. The molecule has 0 radical (unpaired) electrons. The first kappa shape index (κ1) is 27.2. The van der Waals surface area contributed by atoms with Gasteiger partial charge in [0.2, 0.25) is 5.88 Å². The van der Waals surface area contributed by atoms with Gasteiger partial charge in [0.25, 0.3) is 5.91 Å². The van der Waals surface area contributed by atoms with E-state index >= 15 is 0 Å². The number of hydrogen-bond donors (Lipinski definition) is 3. The zero-order chi connectivity index (χ0) is 26.7. The van der Waals surface area contributed by atoms with E-state index in [1.807, 2.05) is 39.8 Å². The summed E-state index contributed by atoms with van der Waals surface area (Å²) in [6.45, 7) is 9.17. The minimum absolute atomic E-state index is 0.0179. The van der Waals surface area contributed by atoms with E-state index in [0.717, 1.165) is 5.56 Å². The summed E-state index contributed by atoms with van der Waals surface area (Å²) >= 11 is 6.39. The van der Waals surface area contributed by atoms with Crippen LogP contribution < -0.4 is 10.1 Å². The molecule has 3 rings (SSSR count). The highest BCUT2D eigenvalue weighted by Crippen LogP contribution is 2.32. The lowest BCUT2D eigenvalue weighted by Crippen LogP contribution is -2.45. The number of aliphatic hydroxyl groups is 1. The topological polar surface area (TPSA) is 114 Å². The van der Waals surface area contributed by atoms with Crippen molar-refractivity contribution in [3.05, 3.63) is 76.4 Å². The third-order valence-electron chi connectivity index (χ3n) is 6.35. The number of carboxylic acid groups (broad SMARTS) is 1. The number of halogens is 1. The summed E-state index contributed by atoms with van der Waals surface area (Å²) in [6, 6.07) is 14.9. The second-order valence-corrected chi connectivity index (χ2v) is 10.4. The van der Waals surface area contributed by atoms with E-state index in [4.69, 9.17) is 16.3 Å². The van der Waals surface area contributed by atoms with Gasteiger partial charge in [0.05, 0.1) is 23.2 Å². The zero-order valence-electron chi connectivity index (χ0n) is 21.1. The first-order valence-corrected chi connectivity index (χ1v) is 12.0. The predicted molar refractivity (Wildman–Crippen MR) is 138 cm³/mol. The summed E-state index contributed by atoms with van der Waals surface area (Å²) in [6.07, 6.45) is -0.292. The van der Waals surface area contributed by atoms with Crippen molar-refractivity contribution in [1.29, 1.82) is 0 Å². The third-order valence-corrected chi connectivity index (χ3v) is 6.67. The molecule has 9 heteroatoms. The Morgan fingerprint density at radius 1 is 1.11 bits per heavy atom. The summed E-state index contributed by atoms with van der Waals surface area (Å²) in [5.41, 5.74) is 0.423. The van der Waals surface area contributed by atoms with Gasteiger partial charge in [0, 0.05) is 6.07 Å². The minimum atomic E-state index is -1.18. The first-order valence-electron chi connectivity index (χ1n) is 11.6. The molecule has 0 bridgehead atoms. The van der Waals surface area contributed by atoms with Crippen LogP contribution in [0.25, 0.3) is 5.69 Å². The smallest absolute Gasteiger partial charge is 0.305 e. The van der Waals surface area contributed by atoms with Crippen LogP contribution in [0.2, 0.25) is 5.02 Å². The average molecular weight is 514 g/mol. The summed E-state index contributed by atoms with van der Waals surface area (Å²) in [4.78, 5) is 24.8. The monoisotopic (exact) mass is 513 g/mol. The summed E-state index contributed by atoms with van der Waals surface area (Å²) in [7, 11) is 0. The van der Waals surface area contributed by atoms with Crippen LogP contribution in [-0.4, -0.2) is 44.1 Å². The Morgan fingerprint density at radius 3 is 2.36 bits per heavy atom. The number of ether oxygens (including phenoxy) is 1. The van der Waals surface area contributed by atoms with Crippen LogP contribution in [0.3, 0.4) is 0 Å². The molecule has 0 saturated heterocycles. The maximum Gasteiger partial charge on any atom is 0.305 e. The summed E-state index contributed by atoms with van der Waals surface area (Å²) in [5.74, 6) is -1.40. The molecule has 36 heavy (non-hydrogen) atoms. The number of hydrogen-bond acceptors (Lipinski definition) is 5. The van der Waals surface area contributed by atoms with Gasteiger partial charge < -0.3 is 20.3 Å². The van der Waals surface area contributed by atoms with Crippen LogP contribution in [0.4, 0.5) is 0 Å². The number of aromatic nitrogens is 2. The van der Waals surface area contributed by atoms with Crippen molar-refractivity contribution >= 4 is 23.5 Å². The largest absolute Gasteiger partial charge is 0.481 e. The fourth-order valence-corrected chi connectivity index (χ4v) is 3.64. The summed E-state index contributed by atoms with van der Waals surface area (Å²) in [5, 5.41) is 27.9. The average Bonchev–Trinajstić information content (AvgIpc) is 3.21. The number of carbonyl (C=O) groups excluding carboxylic acids is 1. The fraction of sp³-hybridized carbons (Fsp3) is 0.370. The quantitative estimate of drug-likeness (QED) is 0.373. The number of nitrogens with one attached hydrogen (secondary N) is 1. The number of nitrogens with zero attached hydrogens (tertiary/aromatic N) is 2. The predicted octanol–water partition coefficient (Wildman–Crippen LogP) is 4.96. The molecule has 2 aromatic carbocycles. The lowest BCUT2D eigenvalue weighted by atomic mass is 9.78. The van der Waals surface area contributed by atoms with Gasteiger partial charge in [-0.05, 0) is 42.5 Å². The van der Waals surface area contributed by atoms with Crippen molar-refractivity contribution in [2.75, 3.05) is 6.61 Å². The van der Waals surface area contributed by atoms with Gasteiger partial charge >= 0.3 is 5.97 Å². The number of carbonyl (C=O) groups is 2. The highest BCUT2D eigenvalue weighted by atomic mass is 35.5. The second-order valence-electron chi connectivity index (χ2n) is 10.0. The van der Waals surface area contributed by atoms with E-state index in [0.29, 0.717) is 16.3 Å². The zero-order valence-corrected chi connectivity index (χ0v) is 21.8. The fourth-order valence-electron chi connectivity index (χ4n) is 3.43. The first-order chi connectivity index (χ1) is 16.8. The molecule has 0 spiro atoms. The Morgan fingerprint density at radius 2 is 1.75 bits per heavy atom. The van der Waals surface area contributed by atoms with Crippen molar-refractivity contribution in [3.63, 3.8) is 0 Å². The number of aliphatic carboxylic acids is 1. The highest BCUT2D eigenvalue weighted by Gasteiger charge is 2.36. The minimum Gasteiger partial charge on any atom is -0.481 e. The van der Waals surface area contributed by atoms with Crippen molar-refractivity contribution in [2.24, 2.45) is 5.41 Å².